The number of nitrogens with one attached hydrogen (secondary N) is 1. The van der Waals surface area contributed by atoms with Gasteiger partial charge < -0.3 is 10.3 Å². The normalized spacial score (nSPS) is 10.6. The number of nitrogens with zero attached hydrogens (tertiary/aromatic N) is 2. The number of nitrogens with two attached hydrogens (primary N) is 1. The van der Waals surface area contributed by atoms with Gasteiger partial charge in [0.05, 0.1) is 0 Å². The molecule has 0 bridgehead atoms. The number of anilines is 1. The van der Waals surface area contributed by atoms with E-state index in [0.717, 1.165) is 18.5 Å². The molecule has 5 nitrogen and oxygen atoms in total. The van der Waals surface area contributed by atoms with Crippen molar-refractivity contribution in [2.45, 2.75) is 39.7 Å². The van der Waals surface area contributed by atoms with Crippen LogP contribution >= 0.6 is 0 Å². The third-order valence-electron chi connectivity index (χ3n) is 2.87. The molecule has 0 aliphatic rings. The molecular weight excluding hydrogens is 228 g/mol. The van der Waals surface area contributed by atoms with E-state index in [1.807, 2.05) is 19.9 Å². The third-order valence-corrected chi connectivity index (χ3v) is 2.87. The molecular formula is C13H22N4O. The maximum atomic E-state index is 12.2. The van der Waals surface area contributed by atoms with Crippen molar-refractivity contribution in [2.75, 3.05) is 12.5 Å². The van der Waals surface area contributed by atoms with Gasteiger partial charge in [-0.2, -0.15) is 0 Å². The second-order valence-corrected chi connectivity index (χ2v) is 4.64. The number of aromatic nitrogens is 1. The molecule has 0 aliphatic heterocycles. The predicted molar refractivity (Wildman–Crippen MR) is 73.3 cm³/mol. The highest BCUT2D eigenvalue weighted by molar-refractivity contribution is 5.95. The van der Waals surface area contributed by atoms with Crippen molar-refractivity contribution >= 4 is 11.7 Å². The van der Waals surface area contributed by atoms with E-state index >= 15 is 0 Å². The molecule has 18 heavy (non-hydrogen) atoms. The van der Waals surface area contributed by atoms with E-state index in [0.29, 0.717) is 11.4 Å². The maximum Gasteiger partial charge on any atom is 0.254 e. The molecule has 0 spiro atoms. The third kappa shape index (κ3) is 3.43. The van der Waals surface area contributed by atoms with Crippen LogP contribution in [0.3, 0.4) is 0 Å². The van der Waals surface area contributed by atoms with E-state index in [1.165, 1.54) is 0 Å². The van der Waals surface area contributed by atoms with E-state index < -0.39 is 0 Å². The molecule has 0 saturated carbocycles. The number of amides is 1. The minimum absolute atomic E-state index is 0.0127. The highest BCUT2D eigenvalue weighted by Gasteiger charge is 2.16. The summed E-state index contributed by atoms with van der Waals surface area (Å²) in [7, 11) is 1.79. The molecule has 0 radical (unpaired) electrons. The van der Waals surface area contributed by atoms with Crippen molar-refractivity contribution < 1.29 is 4.79 Å². The summed E-state index contributed by atoms with van der Waals surface area (Å²) in [6.07, 6.45) is 1.82. The van der Waals surface area contributed by atoms with Crippen molar-refractivity contribution in [1.29, 1.82) is 0 Å². The van der Waals surface area contributed by atoms with E-state index in [-0.39, 0.29) is 11.9 Å². The number of hydrogen-bond acceptors (Lipinski definition) is 4. The molecule has 0 unspecified atom stereocenters. The van der Waals surface area contributed by atoms with Crippen LogP contribution in [0.4, 0.5) is 5.82 Å². The highest BCUT2D eigenvalue weighted by Crippen LogP contribution is 2.14. The van der Waals surface area contributed by atoms with Crippen LogP contribution in [0, 0.1) is 0 Å². The summed E-state index contributed by atoms with van der Waals surface area (Å²) >= 11 is 0. The van der Waals surface area contributed by atoms with Gasteiger partial charge in [0.25, 0.3) is 5.91 Å². The number of nitrogen functional groups attached to an aromatic ring is 1. The zero-order valence-corrected chi connectivity index (χ0v) is 11.5. The van der Waals surface area contributed by atoms with Crippen molar-refractivity contribution in [1.82, 2.24) is 9.88 Å². The summed E-state index contributed by atoms with van der Waals surface area (Å²) in [5.41, 5.74) is 4.01. The van der Waals surface area contributed by atoms with E-state index in [2.05, 4.69) is 17.3 Å². The lowest BCUT2D eigenvalue weighted by Gasteiger charge is -2.22. The molecule has 1 amide bonds. The Balaban J connectivity index is 3.07. The summed E-state index contributed by atoms with van der Waals surface area (Å²) in [6, 6.07) is 3.68. The Labute approximate surface area is 108 Å². The van der Waals surface area contributed by atoms with Gasteiger partial charge in [-0.15, -0.1) is 0 Å². The fourth-order valence-corrected chi connectivity index (χ4v) is 1.61. The van der Waals surface area contributed by atoms with Crippen LogP contribution in [0.15, 0.2) is 12.1 Å². The van der Waals surface area contributed by atoms with Gasteiger partial charge in [-0.1, -0.05) is 13.3 Å². The number of hydrazine groups is 1. The summed E-state index contributed by atoms with van der Waals surface area (Å²) < 4.78 is 0. The van der Waals surface area contributed by atoms with Gasteiger partial charge in [-0.3, -0.25) is 4.79 Å². The second kappa shape index (κ2) is 6.35. The summed E-state index contributed by atoms with van der Waals surface area (Å²) in [4.78, 5) is 18.3. The van der Waals surface area contributed by atoms with Crippen LogP contribution in [-0.2, 0) is 6.42 Å². The smallest absolute Gasteiger partial charge is 0.254 e. The summed E-state index contributed by atoms with van der Waals surface area (Å²) in [6.45, 7) is 6.04. The first-order valence-corrected chi connectivity index (χ1v) is 6.24. The minimum Gasteiger partial charge on any atom is -0.339 e. The Hall–Kier alpha value is -1.62. The van der Waals surface area contributed by atoms with Crippen LogP contribution in [0.2, 0.25) is 0 Å². The fraction of sp³-hybridized carbons (Fsp3) is 0.538. The van der Waals surface area contributed by atoms with Crippen LogP contribution in [0.25, 0.3) is 0 Å². The van der Waals surface area contributed by atoms with E-state index in [9.17, 15) is 4.79 Å². The van der Waals surface area contributed by atoms with Gasteiger partial charge in [0.15, 0.2) is 0 Å². The molecule has 1 rings (SSSR count). The van der Waals surface area contributed by atoms with Crippen LogP contribution in [-0.4, -0.2) is 28.9 Å². The highest BCUT2D eigenvalue weighted by atomic mass is 16.2. The van der Waals surface area contributed by atoms with Crippen LogP contribution in [0.1, 0.15) is 43.2 Å². The Kier molecular flexibility index (Phi) is 5.09. The SMILES string of the molecule is CCCc1cc(C(=O)N(C)C(C)C)cc(NN)n1. The number of aryl methyl sites for hydroxylation is 1. The van der Waals surface area contributed by atoms with Crippen LogP contribution in [0.5, 0.6) is 0 Å². The summed E-state index contributed by atoms with van der Waals surface area (Å²) in [5.74, 6) is 5.90. The number of carbonyl (C=O) groups is 1. The Morgan fingerprint density at radius 2 is 2.17 bits per heavy atom. The molecule has 0 aromatic carbocycles. The molecule has 1 aromatic rings. The first-order valence-electron chi connectivity index (χ1n) is 6.24. The topological polar surface area (TPSA) is 71.2 Å². The zero-order chi connectivity index (χ0) is 13.7. The van der Waals surface area contributed by atoms with Crippen molar-refractivity contribution in [3.63, 3.8) is 0 Å². The molecule has 1 heterocycles. The maximum absolute atomic E-state index is 12.2. The monoisotopic (exact) mass is 250 g/mol. The van der Waals surface area contributed by atoms with Crippen molar-refractivity contribution in [3.8, 4) is 0 Å². The average Bonchev–Trinajstić information content (AvgIpc) is 2.36. The lowest BCUT2D eigenvalue weighted by molar-refractivity contribution is 0.0754. The summed E-state index contributed by atoms with van der Waals surface area (Å²) in [5, 5.41) is 0. The Bertz CT molecular complexity index is 417. The van der Waals surface area contributed by atoms with Gasteiger partial charge in [0.1, 0.15) is 5.82 Å². The van der Waals surface area contributed by atoms with Crippen molar-refractivity contribution in [3.05, 3.63) is 23.4 Å². The van der Waals surface area contributed by atoms with E-state index in [1.54, 1.807) is 18.0 Å². The molecule has 3 N–H and O–H groups in total. The fourth-order valence-electron chi connectivity index (χ4n) is 1.61. The number of rotatable bonds is 5. The largest absolute Gasteiger partial charge is 0.339 e. The quantitative estimate of drug-likeness (QED) is 0.617. The van der Waals surface area contributed by atoms with Crippen molar-refractivity contribution in [2.24, 2.45) is 5.84 Å². The molecule has 0 fully saturated rings. The van der Waals surface area contributed by atoms with Gasteiger partial charge in [0.2, 0.25) is 0 Å². The number of hydrogen-bond donors (Lipinski definition) is 2. The first kappa shape index (κ1) is 14.4. The lowest BCUT2D eigenvalue weighted by Crippen LogP contribution is -2.33. The standard InChI is InChI=1S/C13H22N4O/c1-5-6-11-7-10(8-12(15-11)16-14)13(18)17(4)9(2)3/h7-9H,5-6,14H2,1-4H3,(H,15,16). The molecule has 1 aromatic heterocycles. The Morgan fingerprint density at radius 1 is 1.50 bits per heavy atom. The lowest BCUT2D eigenvalue weighted by atomic mass is 10.1. The zero-order valence-electron chi connectivity index (χ0n) is 11.5. The van der Waals surface area contributed by atoms with Gasteiger partial charge in [-0.25, -0.2) is 10.8 Å². The van der Waals surface area contributed by atoms with Crippen LogP contribution < -0.4 is 11.3 Å². The Morgan fingerprint density at radius 3 is 2.67 bits per heavy atom. The molecule has 0 saturated heterocycles. The first-order chi connectivity index (χ1) is 8.49. The molecule has 100 valence electrons. The minimum atomic E-state index is -0.0127. The van der Waals surface area contributed by atoms with E-state index in [4.69, 9.17) is 5.84 Å². The number of pyridine rings is 1. The number of carbonyl (C=O) groups excluding carboxylic acids is 1. The van der Waals surface area contributed by atoms with Gasteiger partial charge >= 0.3 is 0 Å². The average molecular weight is 250 g/mol. The van der Waals surface area contributed by atoms with Gasteiger partial charge in [-0.05, 0) is 32.4 Å². The molecule has 5 heteroatoms. The molecule has 0 aliphatic carbocycles. The predicted octanol–water partition coefficient (Wildman–Crippen LogP) is 1.80. The molecule has 0 atom stereocenters. The van der Waals surface area contributed by atoms with Gasteiger partial charge in [0, 0.05) is 24.3 Å². The second-order valence-electron chi connectivity index (χ2n) is 4.64.